The van der Waals surface area contributed by atoms with Crippen LogP contribution in [0.25, 0.3) is 0 Å². The van der Waals surface area contributed by atoms with Crippen LogP contribution in [-0.2, 0) is 4.74 Å². The second kappa shape index (κ2) is 8.24. The van der Waals surface area contributed by atoms with Crippen molar-refractivity contribution in [1.82, 2.24) is 10.6 Å². The van der Waals surface area contributed by atoms with Gasteiger partial charge in [0.1, 0.15) is 0 Å². The van der Waals surface area contributed by atoms with Gasteiger partial charge in [-0.15, -0.1) is 24.0 Å². The third-order valence-corrected chi connectivity index (χ3v) is 7.36. The molecular formula is C19H31F3IN3O. The number of fused-ring (bicyclic) bond motifs is 2. The molecule has 4 rings (SSSR count). The Morgan fingerprint density at radius 1 is 1.19 bits per heavy atom. The minimum absolute atomic E-state index is 0. The van der Waals surface area contributed by atoms with Gasteiger partial charge in [-0.25, -0.2) is 0 Å². The van der Waals surface area contributed by atoms with Gasteiger partial charge in [-0.1, -0.05) is 12.8 Å². The molecule has 27 heavy (non-hydrogen) atoms. The quantitative estimate of drug-likeness (QED) is 0.348. The Morgan fingerprint density at radius 3 is 2.59 bits per heavy atom. The Balaban J connectivity index is 0.00000210. The van der Waals surface area contributed by atoms with E-state index in [0.29, 0.717) is 31.0 Å². The number of rotatable bonds is 3. The van der Waals surface area contributed by atoms with Crippen LogP contribution in [0.1, 0.15) is 51.4 Å². The number of nitrogens with zero attached hydrogens (tertiary/aromatic N) is 1. The van der Waals surface area contributed by atoms with Crippen LogP contribution >= 0.6 is 24.0 Å². The summed E-state index contributed by atoms with van der Waals surface area (Å²) in [6, 6.07) is 0.393. The molecule has 1 aliphatic heterocycles. The molecule has 3 aliphatic carbocycles. The van der Waals surface area contributed by atoms with Crippen molar-refractivity contribution in [2.75, 3.05) is 20.2 Å². The molecular weight excluding hydrogens is 470 g/mol. The summed E-state index contributed by atoms with van der Waals surface area (Å²) in [7, 11) is 1.74. The number of nitrogens with one attached hydrogen (secondary N) is 2. The summed E-state index contributed by atoms with van der Waals surface area (Å²) in [6.45, 7) is 1.42. The highest BCUT2D eigenvalue weighted by Gasteiger charge is 2.66. The Hall–Kier alpha value is -0.250. The number of alkyl halides is 3. The van der Waals surface area contributed by atoms with Crippen LogP contribution in [0.3, 0.4) is 0 Å². The topological polar surface area (TPSA) is 45.7 Å². The van der Waals surface area contributed by atoms with E-state index in [9.17, 15) is 13.2 Å². The minimum Gasteiger partial charge on any atom is -0.377 e. The van der Waals surface area contributed by atoms with E-state index in [1.165, 1.54) is 19.3 Å². The highest BCUT2D eigenvalue weighted by atomic mass is 127. The van der Waals surface area contributed by atoms with E-state index in [-0.39, 0.29) is 48.2 Å². The van der Waals surface area contributed by atoms with Crippen molar-refractivity contribution in [2.24, 2.45) is 28.2 Å². The number of halogens is 4. The molecule has 0 bridgehead atoms. The molecule has 0 amide bonds. The van der Waals surface area contributed by atoms with E-state index in [0.717, 1.165) is 25.4 Å². The zero-order valence-electron chi connectivity index (χ0n) is 15.9. The van der Waals surface area contributed by atoms with Gasteiger partial charge < -0.3 is 15.4 Å². The largest absolute Gasteiger partial charge is 0.391 e. The number of hydrogen-bond donors (Lipinski definition) is 2. The lowest BCUT2D eigenvalue weighted by Gasteiger charge is -2.63. The standard InChI is InChI=1S/C19H30F3N3O.HI/c1-23-17(24-11-12-4-2-5-13(10-12)19(20,21)22)25-15-14-6-9-26-16(14)18(15)7-3-8-18;/h12-16H,2-11H2,1H3,(H2,23,24,25);1H. The third kappa shape index (κ3) is 3.94. The summed E-state index contributed by atoms with van der Waals surface area (Å²) >= 11 is 0. The first kappa shape index (κ1) is 21.5. The summed E-state index contributed by atoms with van der Waals surface area (Å²) in [5, 5.41) is 6.89. The highest BCUT2D eigenvalue weighted by Crippen LogP contribution is 2.62. The number of guanidine groups is 1. The molecule has 3 saturated carbocycles. The Labute approximate surface area is 176 Å². The van der Waals surface area contributed by atoms with Crippen molar-refractivity contribution in [3.05, 3.63) is 0 Å². The van der Waals surface area contributed by atoms with E-state index in [1.807, 2.05) is 0 Å². The fraction of sp³-hybridized carbons (Fsp3) is 0.947. The van der Waals surface area contributed by atoms with Gasteiger partial charge >= 0.3 is 6.18 Å². The van der Waals surface area contributed by atoms with E-state index >= 15 is 0 Å². The number of aliphatic imine (C=N–C) groups is 1. The summed E-state index contributed by atoms with van der Waals surface area (Å²) in [6.07, 6.45) is 3.15. The van der Waals surface area contributed by atoms with Gasteiger partial charge in [0.25, 0.3) is 0 Å². The first-order chi connectivity index (χ1) is 12.4. The molecule has 1 heterocycles. The molecule has 0 radical (unpaired) electrons. The van der Waals surface area contributed by atoms with Gasteiger partial charge in [-0.3, -0.25) is 4.99 Å². The van der Waals surface area contributed by atoms with Crippen molar-refractivity contribution < 1.29 is 17.9 Å². The molecule has 0 aromatic carbocycles. The maximum Gasteiger partial charge on any atom is 0.391 e. The van der Waals surface area contributed by atoms with Crippen LogP contribution in [0, 0.1) is 23.2 Å². The van der Waals surface area contributed by atoms with Gasteiger partial charge in [0, 0.05) is 37.6 Å². The van der Waals surface area contributed by atoms with E-state index in [2.05, 4.69) is 15.6 Å². The van der Waals surface area contributed by atoms with Crippen LogP contribution in [0.2, 0.25) is 0 Å². The average Bonchev–Trinajstić information content (AvgIpc) is 2.98. The van der Waals surface area contributed by atoms with Crippen LogP contribution < -0.4 is 10.6 Å². The van der Waals surface area contributed by atoms with Crippen molar-refractivity contribution in [3.63, 3.8) is 0 Å². The second-order valence-corrected chi connectivity index (χ2v) is 8.68. The van der Waals surface area contributed by atoms with Crippen molar-refractivity contribution >= 4 is 29.9 Å². The third-order valence-electron chi connectivity index (χ3n) is 7.36. The zero-order chi connectivity index (χ0) is 18.4. The molecule has 1 saturated heterocycles. The van der Waals surface area contributed by atoms with Crippen molar-refractivity contribution in [3.8, 4) is 0 Å². The molecule has 4 nitrogen and oxygen atoms in total. The fourth-order valence-corrected chi connectivity index (χ4v) is 5.81. The number of ether oxygens (including phenoxy) is 1. The molecule has 4 fully saturated rings. The molecule has 8 heteroatoms. The number of hydrogen-bond acceptors (Lipinski definition) is 2. The van der Waals surface area contributed by atoms with Gasteiger partial charge in [-0.05, 0) is 44.4 Å². The lowest BCUT2D eigenvalue weighted by atomic mass is 9.46. The molecule has 0 aromatic heterocycles. The molecule has 2 N–H and O–H groups in total. The monoisotopic (exact) mass is 501 g/mol. The van der Waals surface area contributed by atoms with Crippen LogP contribution in [0.5, 0.6) is 0 Å². The Morgan fingerprint density at radius 2 is 1.96 bits per heavy atom. The summed E-state index contributed by atoms with van der Waals surface area (Å²) in [5.74, 6) is 0.216. The molecule has 0 aromatic rings. The Kier molecular flexibility index (Phi) is 6.55. The zero-order valence-corrected chi connectivity index (χ0v) is 18.2. The van der Waals surface area contributed by atoms with Crippen molar-refractivity contribution in [1.29, 1.82) is 0 Å². The molecule has 5 unspecified atom stereocenters. The maximum absolute atomic E-state index is 13.0. The van der Waals surface area contributed by atoms with Gasteiger partial charge in [0.15, 0.2) is 5.96 Å². The van der Waals surface area contributed by atoms with E-state index in [1.54, 1.807) is 7.05 Å². The summed E-state index contributed by atoms with van der Waals surface area (Å²) < 4.78 is 44.9. The maximum atomic E-state index is 13.0. The predicted octanol–water partition coefficient (Wildman–Crippen LogP) is 4.10. The second-order valence-electron chi connectivity index (χ2n) is 8.68. The summed E-state index contributed by atoms with van der Waals surface area (Å²) in [5.41, 5.74) is 0.269. The van der Waals surface area contributed by atoms with E-state index < -0.39 is 12.1 Å². The smallest absolute Gasteiger partial charge is 0.377 e. The minimum atomic E-state index is -4.06. The first-order valence-corrected chi connectivity index (χ1v) is 10.1. The lowest BCUT2D eigenvalue weighted by Crippen LogP contribution is -2.72. The van der Waals surface area contributed by atoms with Gasteiger partial charge in [0.2, 0.25) is 0 Å². The normalized spacial score (nSPS) is 37.6. The van der Waals surface area contributed by atoms with Gasteiger partial charge in [0.05, 0.1) is 12.0 Å². The van der Waals surface area contributed by atoms with Crippen LogP contribution in [0.15, 0.2) is 4.99 Å². The highest BCUT2D eigenvalue weighted by molar-refractivity contribution is 14.0. The fourth-order valence-electron chi connectivity index (χ4n) is 5.81. The van der Waals surface area contributed by atoms with Crippen molar-refractivity contribution in [2.45, 2.75) is 69.7 Å². The van der Waals surface area contributed by atoms with E-state index in [4.69, 9.17) is 4.74 Å². The van der Waals surface area contributed by atoms with Crippen LogP contribution in [0.4, 0.5) is 13.2 Å². The first-order valence-electron chi connectivity index (χ1n) is 10.1. The predicted molar refractivity (Wildman–Crippen MR) is 109 cm³/mol. The molecule has 1 spiro atoms. The Bertz CT molecular complexity index is 553. The average molecular weight is 501 g/mol. The molecule has 5 atom stereocenters. The summed E-state index contributed by atoms with van der Waals surface area (Å²) in [4.78, 5) is 4.33. The molecule has 4 aliphatic rings. The van der Waals surface area contributed by atoms with Crippen LogP contribution in [-0.4, -0.2) is 44.5 Å². The van der Waals surface area contributed by atoms with Gasteiger partial charge in [-0.2, -0.15) is 13.2 Å². The SMILES string of the molecule is CN=C(NCC1CCCC(C(F)(F)F)C1)NC1C2CCOC2C12CCC2.I. The molecule has 156 valence electrons. The lowest BCUT2D eigenvalue weighted by molar-refractivity contribution is -0.185.